The minimum atomic E-state index is 0.00483. The van der Waals surface area contributed by atoms with Gasteiger partial charge in [0.25, 0.3) is 0 Å². The van der Waals surface area contributed by atoms with E-state index in [4.69, 9.17) is 11.1 Å². The number of aryl methyl sites for hydroxylation is 1. The molecular formula is C17H20N2S. The van der Waals surface area contributed by atoms with E-state index in [1.165, 1.54) is 11.1 Å². The maximum Gasteiger partial charge on any atom is 0.0990 e. The average molecular weight is 284 g/mol. The van der Waals surface area contributed by atoms with Crippen molar-refractivity contribution in [1.82, 2.24) is 0 Å². The van der Waals surface area contributed by atoms with Gasteiger partial charge in [0.15, 0.2) is 0 Å². The minimum absolute atomic E-state index is 0.00483. The van der Waals surface area contributed by atoms with Crippen LogP contribution in [0.15, 0.2) is 54.6 Å². The molecule has 0 heterocycles. The molecule has 2 aromatic rings. The fourth-order valence-electron chi connectivity index (χ4n) is 2.11. The van der Waals surface area contributed by atoms with Crippen molar-refractivity contribution in [1.29, 1.82) is 5.41 Å². The molecule has 20 heavy (non-hydrogen) atoms. The van der Waals surface area contributed by atoms with Crippen molar-refractivity contribution in [2.45, 2.75) is 18.6 Å². The van der Waals surface area contributed by atoms with E-state index in [9.17, 15) is 0 Å². The Bertz CT molecular complexity index is 566. The van der Waals surface area contributed by atoms with Crippen LogP contribution in [-0.2, 0) is 5.75 Å². The first-order chi connectivity index (χ1) is 9.68. The summed E-state index contributed by atoms with van der Waals surface area (Å²) in [5.74, 6) is 2.05. The number of benzene rings is 2. The van der Waals surface area contributed by atoms with Gasteiger partial charge in [-0.2, -0.15) is 11.8 Å². The molecule has 0 aliphatic carbocycles. The van der Waals surface area contributed by atoms with Gasteiger partial charge in [0.1, 0.15) is 0 Å². The summed E-state index contributed by atoms with van der Waals surface area (Å²) in [6.45, 7) is 2.13. The van der Waals surface area contributed by atoms with E-state index in [2.05, 4.69) is 31.2 Å². The summed E-state index contributed by atoms with van der Waals surface area (Å²) in [5, 5.41) is 7.78. The zero-order chi connectivity index (χ0) is 14.4. The van der Waals surface area contributed by atoms with E-state index in [0.717, 1.165) is 17.1 Å². The monoisotopic (exact) mass is 284 g/mol. The van der Waals surface area contributed by atoms with Crippen molar-refractivity contribution in [3.05, 3.63) is 71.3 Å². The lowest BCUT2D eigenvalue weighted by atomic mass is 10.0. The van der Waals surface area contributed by atoms with Gasteiger partial charge >= 0.3 is 0 Å². The summed E-state index contributed by atoms with van der Waals surface area (Å²) in [6.07, 6.45) is 0. The van der Waals surface area contributed by atoms with E-state index in [1.807, 2.05) is 42.1 Å². The van der Waals surface area contributed by atoms with Gasteiger partial charge in [-0.3, -0.25) is 5.41 Å². The molecule has 0 aliphatic rings. The third kappa shape index (κ3) is 3.87. The molecule has 0 bridgehead atoms. The van der Waals surface area contributed by atoms with Gasteiger partial charge < -0.3 is 5.73 Å². The van der Waals surface area contributed by atoms with Crippen LogP contribution in [0.25, 0.3) is 0 Å². The number of amidine groups is 1. The summed E-state index contributed by atoms with van der Waals surface area (Å²) in [5.41, 5.74) is 9.54. The van der Waals surface area contributed by atoms with Crippen LogP contribution in [0.3, 0.4) is 0 Å². The fourth-order valence-corrected chi connectivity index (χ4v) is 3.38. The fraction of sp³-hybridized carbons (Fsp3) is 0.235. The Hall–Kier alpha value is -1.74. The minimum Gasteiger partial charge on any atom is -0.387 e. The van der Waals surface area contributed by atoms with E-state index in [1.54, 1.807) is 0 Å². The highest BCUT2D eigenvalue weighted by molar-refractivity contribution is 7.98. The van der Waals surface area contributed by atoms with Crippen LogP contribution >= 0.6 is 11.8 Å². The molecule has 2 nitrogen and oxygen atoms in total. The van der Waals surface area contributed by atoms with Gasteiger partial charge in [-0.1, -0.05) is 54.6 Å². The molecule has 0 fully saturated rings. The topological polar surface area (TPSA) is 49.9 Å². The molecule has 0 spiro atoms. The Balaban J connectivity index is 1.97. The van der Waals surface area contributed by atoms with Crippen LogP contribution in [0.4, 0.5) is 0 Å². The summed E-state index contributed by atoms with van der Waals surface area (Å²) in [7, 11) is 0. The van der Waals surface area contributed by atoms with Crippen LogP contribution in [0.5, 0.6) is 0 Å². The molecule has 2 rings (SSSR count). The third-order valence-corrected chi connectivity index (χ3v) is 4.46. The second kappa shape index (κ2) is 7.15. The maximum atomic E-state index is 7.78. The van der Waals surface area contributed by atoms with Crippen molar-refractivity contribution in [2.75, 3.05) is 5.75 Å². The normalized spacial score (nSPS) is 12.1. The number of rotatable bonds is 6. The molecule has 0 saturated carbocycles. The second-order valence-corrected chi connectivity index (χ2v) is 5.89. The third-order valence-electron chi connectivity index (χ3n) is 3.38. The Morgan fingerprint density at radius 1 is 1.10 bits per heavy atom. The predicted molar refractivity (Wildman–Crippen MR) is 88.4 cm³/mol. The quantitative estimate of drug-likeness (QED) is 0.623. The first kappa shape index (κ1) is 14.7. The van der Waals surface area contributed by atoms with E-state index in [-0.39, 0.29) is 11.8 Å². The standard InChI is InChI=1S/C17H20N2S/c1-13-7-5-6-10-15(13)11-20-12-16(17(18)19)14-8-3-2-4-9-14/h2-10,16H,11-12H2,1H3,(H3,18,19). The van der Waals surface area contributed by atoms with E-state index < -0.39 is 0 Å². The highest BCUT2D eigenvalue weighted by atomic mass is 32.2. The zero-order valence-electron chi connectivity index (χ0n) is 11.7. The number of nitrogens with two attached hydrogens (primary N) is 1. The molecule has 1 unspecified atom stereocenters. The molecule has 1 atom stereocenters. The van der Waals surface area contributed by atoms with Gasteiger partial charge in [-0.05, 0) is 23.6 Å². The summed E-state index contributed by atoms with van der Waals surface area (Å²) in [6, 6.07) is 18.5. The van der Waals surface area contributed by atoms with Gasteiger partial charge in [0, 0.05) is 17.4 Å². The van der Waals surface area contributed by atoms with Gasteiger partial charge in [0.05, 0.1) is 5.84 Å². The van der Waals surface area contributed by atoms with Crippen molar-refractivity contribution in [3.8, 4) is 0 Å². The summed E-state index contributed by atoms with van der Waals surface area (Å²) >= 11 is 1.83. The van der Waals surface area contributed by atoms with Crippen LogP contribution in [-0.4, -0.2) is 11.6 Å². The lowest BCUT2D eigenvalue weighted by molar-refractivity contribution is 1.00. The molecule has 104 valence electrons. The Labute approximate surface area is 124 Å². The van der Waals surface area contributed by atoms with Crippen molar-refractivity contribution in [3.63, 3.8) is 0 Å². The summed E-state index contributed by atoms with van der Waals surface area (Å²) in [4.78, 5) is 0. The first-order valence-corrected chi connectivity index (χ1v) is 7.85. The van der Waals surface area contributed by atoms with E-state index in [0.29, 0.717) is 0 Å². The SMILES string of the molecule is Cc1ccccc1CSCC(C(=N)N)c1ccccc1. The molecule has 0 radical (unpaired) electrons. The first-order valence-electron chi connectivity index (χ1n) is 6.69. The van der Waals surface area contributed by atoms with Crippen molar-refractivity contribution in [2.24, 2.45) is 5.73 Å². The number of hydrogen-bond acceptors (Lipinski definition) is 2. The van der Waals surface area contributed by atoms with E-state index >= 15 is 0 Å². The molecule has 0 aliphatic heterocycles. The highest BCUT2D eigenvalue weighted by Gasteiger charge is 2.14. The highest BCUT2D eigenvalue weighted by Crippen LogP contribution is 2.24. The smallest absolute Gasteiger partial charge is 0.0990 e. The number of nitrogens with one attached hydrogen (secondary N) is 1. The predicted octanol–water partition coefficient (Wildman–Crippen LogP) is 3.95. The lowest BCUT2D eigenvalue weighted by Gasteiger charge is -2.16. The van der Waals surface area contributed by atoms with Crippen LogP contribution in [0.2, 0.25) is 0 Å². The zero-order valence-corrected chi connectivity index (χ0v) is 12.5. The van der Waals surface area contributed by atoms with Crippen LogP contribution in [0.1, 0.15) is 22.6 Å². The lowest BCUT2D eigenvalue weighted by Crippen LogP contribution is -2.22. The molecule has 0 amide bonds. The Morgan fingerprint density at radius 2 is 1.75 bits per heavy atom. The summed E-state index contributed by atoms with van der Waals surface area (Å²) < 4.78 is 0. The molecule has 3 heteroatoms. The van der Waals surface area contributed by atoms with Gasteiger partial charge in [-0.15, -0.1) is 0 Å². The molecular weight excluding hydrogens is 264 g/mol. The average Bonchev–Trinajstić information content (AvgIpc) is 2.46. The molecule has 0 aromatic heterocycles. The number of hydrogen-bond donors (Lipinski definition) is 2. The number of thioether (sulfide) groups is 1. The molecule has 3 N–H and O–H groups in total. The molecule has 2 aromatic carbocycles. The van der Waals surface area contributed by atoms with Crippen molar-refractivity contribution < 1.29 is 0 Å². The largest absolute Gasteiger partial charge is 0.387 e. The Kier molecular flexibility index (Phi) is 5.24. The van der Waals surface area contributed by atoms with Crippen molar-refractivity contribution >= 4 is 17.6 Å². The maximum absolute atomic E-state index is 7.78. The second-order valence-electron chi connectivity index (χ2n) is 4.86. The van der Waals surface area contributed by atoms with Gasteiger partial charge in [0.2, 0.25) is 0 Å². The Morgan fingerprint density at radius 3 is 2.40 bits per heavy atom. The van der Waals surface area contributed by atoms with Crippen LogP contribution in [0, 0.1) is 12.3 Å². The van der Waals surface area contributed by atoms with Gasteiger partial charge in [-0.25, -0.2) is 0 Å². The van der Waals surface area contributed by atoms with Crippen LogP contribution < -0.4 is 5.73 Å². The molecule has 0 saturated heterocycles.